The third-order valence-corrected chi connectivity index (χ3v) is 5.03. The molecule has 3 rings (SSSR count). The molecule has 2 saturated heterocycles. The molecule has 1 aromatic heterocycles. The number of likely N-dealkylation sites (N-methyl/N-ethyl adjacent to an activating group) is 1. The molecule has 20 heavy (non-hydrogen) atoms. The van der Waals surface area contributed by atoms with Gasteiger partial charge in [0.15, 0.2) is 0 Å². The van der Waals surface area contributed by atoms with Gasteiger partial charge in [0.2, 0.25) is 0 Å². The molecule has 4 heteroatoms. The van der Waals surface area contributed by atoms with Gasteiger partial charge in [-0.05, 0) is 58.3 Å². The Hall–Kier alpha value is -1.13. The van der Waals surface area contributed by atoms with Crippen molar-refractivity contribution in [1.29, 1.82) is 0 Å². The molecule has 0 radical (unpaired) electrons. The van der Waals surface area contributed by atoms with Gasteiger partial charge in [-0.1, -0.05) is 0 Å². The molecule has 2 aliphatic rings. The van der Waals surface area contributed by atoms with Crippen molar-refractivity contribution in [1.82, 2.24) is 9.88 Å². The summed E-state index contributed by atoms with van der Waals surface area (Å²) in [6.07, 6.45) is 6.02. The summed E-state index contributed by atoms with van der Waals surface area (Å²) in [5.74, 6) is 0. The van der Waals surface area contributed by atoms with Crippen LogP contribution in [0.4, 0.5) is 5.69 Å². The Bertz CT molecular complexity index is 451. The van der Waals surface area contributed by atoms with Crippen molar-refractivity contribution in [3.63, 3.8) is 0 Å². The Labute approximate surface area is 121 Å². The van der Waals surface area contributed by atoms with E-state index in [1.54, 1.807) is 0 Å². The Kier molecular flexibility index (Phi) is 3.69. The molecule has 3 heterocycles. The second kappa shape index (κ2) is 5.34. The summed E-state index contributed by atoms with van der Waals surface area (Å²) < 4.78 is 0. The van der Waals surface area contributed by atoms with Gasteiger partial charge < -0.3 is 14.9 Å². The van der Waals surface area contributed by atoms with Gasteiger partial charge in [0.25, 0.3) is 0 Å². The number of anilines is 1. The van der Waals surface area contributed by atoms with Crippen LogP contribution in [0.3, 0.4) is 0 Å². The molecule has 0 spiro atoms. The van der Waals surface area contributed by atoms with E-state index in [0.717, 1.165) is 44.6 Å². The summed E-state index contributed by atoms with van der Waals surface area (Å²) in [5.41, 5.74) is 1.73. The van der Waals surface area contributed by atoms with Crippen LogP contribution in [0.2, 0.25) is 0 Å². The van der Waals surface area contributed by atoms with Crippen molar-refractivity contribution in [3.05, 3.63) is 24.0 Å². The first-order chi connectivity index (χ1) is 9.58. The highest BCUT2D eigenvalue weighted by molar-refractivity contribution is 5.45. The standard InChI is InChI=1S/C16H25N3O/c1-13-5-6-14(12-17-13)19-10-7-16(20,8-11-19)15-4-3-9-18(15)2/h5-6,12,15,20H,3-4,7-11H2,1-2H3/t15-/m0/s1. The molecule has 2 fully saturated rings. The molecular formula is C16H25N3O. The van der Waals surface area contributed by atoms with Crippen LogP contribution in [0.5, 0.6) is 0 Å². The Morgan fingerprint density at radius 2 is 2.00 bits per heavy atom. The third kappa shape index (κ3) is 2.54. The molecule has 1 aromatic rings. The van der Waals surface area contributed by atoms with Gasteiger partial charge in [-0.2, -0.15) is 0 Å². The van der Waals surface area contributed by atoms with Gasteiger partial charge >= 0.3 is 0 Å². The average Bonchev–Trinajstić information content (AvgIpc) is 2.88. The molecule has 110 valence electrons. The summed E-state index contributed by atoms with van der Waals surface area (Å²) in [7, 11) is 2.14. The monoisotopic (exact) mass is 275 g/mol. The first kappa shape index (κ1) is 13.8. The minimum absolute atomic E-state index is 0.348. The van der Waals surface area contributed by atoms with E-state index in [0.29, 0.717) is 6.04 Å². The number of nitrogens with zero attached hydrogens (tertiary/aromatic N) is 3. The first-order valence-electron chi connectivity index (χ1n) is 7.69. The lowest BCUT2D eigenvalue weighted by Gasteiger charge is -2.44. The number of piperidine rings is 1. The topological polar surface area (TPSA) is 39.6 Å². The fourth-order valence-corrected chi connectivity index (χ4v) is 3.72. The summed E-state index contributed by atoms with van der Waals surface area (Å²) in [5, 5.41) is 11.0. The largest absolute Gasteiger partial charge is 0.388 e. The van der Waals surface area contributed by atoms with Crippen LogP contribution in [-0.2, 0) is 0 Å². The van der Waals surface area contributed by atoms with Crippen LogP contribution in [0.15, 0.2) is 18.3 Å². The number of hydrogen-bond donors (Lipinski definition) is 1. The molecule has 0 saturated carbocycles. The van der Waals surface area contributed by atoms with Gasteiger partial charge in [0.1, 0.15) is 0 Å². The highest BCUT2D eigenvalue weighted by atomic mass is 16.3. The van der Waals surface area contributed by atoms with Crippen molar-refractivity contribution < 1.29 is 5.11 Å². The van der Waals surface area contributed by atoms with Crippen LogP contribution in [0.1, 0.15) is 31.4 Å². The van der Waals surface area contributed by atoms with Crippen molar-refractivity contribution in [2.75, 3.05) is 31.6 Å². The zero-order chi connectivity index (χ0) is 14.2. The highest BCUT2D eigenvalue weighted by Crippen LogP contribution is 2.35. The van der Waals surface area contributed by atoms with Crippen molar-refractivity contribution in [2.45, 2.75) is 44.2 Å². The molecule has 0 aromatic carbocycles. The van der Waals surface area contributed by atoms with E-state index in [9.17, 15) is 5.11 Å². The van der Waals surface area contributed by atoms with E-state index < -0.39 is 5.60 Å². The van der Waals surface area contributed by atoms with Crippen molar-refractivity contribution in [3.8, 4) is 0 Å². The number of pyridine rings is 1. The maximum atomic E-state index is 11.0. The number of likely N-dealkylation sites (tertiary alicyclic amines) is 1. The molecule has 2 aliphatic heterocycles. The van der Waals surface area contributed by atoms with Crippen LogP contribution in [0.25, 0.3) is 0 Å². The number of hydrogen-bond acceptors (Lipinski definition) is 4. The molecule has 1 atom stereocenters. The number of rotatable bonds is 2. The van der Waals surface area contributed by atoms with Crippen molar-refractivity contribution >= 4 is 5.69 Å². The number of aliphatic hydroxyl groups is 1. The van der Waals surface area contributed by atoms with E-state index in [4.69, 9.17) is 0 Å². The van der Waals surface area contributed by atoms with E-state index in [-0.39, 0.29) is 0 Å². The second-order valence-electron chi connectivity index (χ2n) is 6.39. The maximum absolute atomic E-state index is 11.0. The Balaban J connectivity index is 1.65. The van der Waals surface area contributed by atoms with Crippen LogP contribution >= 0.6 is 0 Å². The average molecular weight is 275 g/mol. The van der Waals surface area contributed by atoms with Crippen LogP contribution in [-0.4, -0.2) is 53.3 Å². The van der Waals surface area contributed by atoms with Gasteiger partial charge in [-0.15, -0.1) is 0 Å². The molecule has 0 unspecified atom stereocenters. The maximum Gasteiger partial charge on any atom is 0.0835 e. The van der Waals surface area contributed by atoms with E-state index in [1.165, 1.54) is 12.1 Å². The molecule has 0 aliphatic carbocycles. The lowest BCUT2D eigenvalue weighted by atomic mass is 9.83. The number of aryl methyl sites for hydroxylation is 1. The zero-order valence-corrected chi connectivity index (χ0v) is 12.5. The summed E-state index contributed by atoms with van der Waals surface area (Å²) >= 11 is 0. The zero-order valence-electron chi connectivity index (χ0n) is 12.5. The molecular weight excluding hydrogens is 250 g/mol. The van der Waals surface area contributed by atoms with E-state index in [2.05, 4.69) is 34.0 Å². The second-order valence-corrected chi connectivity index (χ2v) is 6.39. The van der Waals surface area contributed by atoms with Gasteiger partial charge in [0.05, 0.1) is 17.5 Å². The summed E-state index contributed by atoms with van der Waals surface area (Å²) in [6, 6.07) is 4.54. The Morgan fingerprint density at radius 3 is 2.55 bits per heavy atom. The number of aromatic nitrogens is 1. The van der Waals surface area contributed by atoms with Crippen LogP contribution < -0.4 is 4.90 Å². The van der Waals surface area contributed by atoms with E-state index >= 15 is 0 Å². The summed E-state index contributed by atoms with van der Waals surface area (Å²) in [4.78, 5) is 9.05. The SMILES string of the molecule is Cc1ccc(N2CCC(O)([C@@H]3CCCN3C)CC2)cn1. The summed E-state index contributed by atoms with van der Waals surface area (Å²) in [6.45, 7) is 4.98. The van der Waals surface area contributed by atoms with Gasteiger partial charge in [-0.3, -0.25) is 4.98 Å². The predicted octanol–water partition coefficient (Wildman–Crippen LogP) is 1.82. The predicted molar refractivity (Wildman–Crippen MR) is 81.0 cm³/mol. The minimum Gasteiger partial charge on any atom is -0.388 e. The smallest absolute Gasteiger partial charge is 0.0835 e. The molecule has 4 nitrogen and oxygen atoms in total. The lowest BCUT2D eigenvalue weighted by molar-refractivity contribution is -0.0449. The molecule has 0 amide bonds. The van der Waals surface area contributed by atoms with Crippen molar-refractivity contribution in [2.24, 2.45) is 0 Å². The van der Waals surface area contributed by atoms with Crippen LogP contribution in [0, 0.1) is 6.92 Å². The quantitative estimate of drug-likeness (QED) is 0.893. The third-order valence-electron chi connectivity index (χ3n) is 5.03. The fraction of sp³-hybridized carbons (Fsp3) is 0.688. The lowest BCUT2D eigenvalue weighted by Crippen LogP contribution is -2.55. The van der Waals surface area contributed by atoms with Gasteiger partial charge in [0, 0.05) is 24.8 Å². The Morgan fingerprint density at radius 1 is 1.25 bits per heavy atom. The normalized spacial score (nSPS) is 26.9. The molecule has 0 bridgehead atoms. The highest BCUT2D eigenvalue weighted by Gasteiger charge is 2.43. The van der Waals surface area contributed by atoms with E-state index in [1.807, 2.05) is 13.1 Å². The minimum atomic E-state index is -0.500. The van der Waals surface area contributed by atoms with Gasteiger partial charge in [-0.25, -0.2) is 0 Å². The fourth-order valence-electron chi connectivity index (χ4n) is 3.72. The first-order valence-corrected chi connectivity index (χ1v) is 7.69. The molecule has 1 N–H and O–H groups in total.